The van der Waals surface area contributed by atoms with Gasteiger partial charge in [0, 0.05) is 10.9 Å². The molecule has 2 amide bonds. The Kier molecular flexibility index (Phi) is 6.39. The highest BCUT2D eigenvalue weighted by atomic mass is 32.2. The number of nitrogens with one attached hydrogen (secondary N) is 1. The van der Waals surface area contributed by atoms with Gasteiger partial charge < -0.3 is 16.8 Å². The zero-order valence-electron chi connectivity index (χ0n) is 16.2. The number of hydrogen-bond acceptors (Lipinski definition) is 8. The van der Waals surface area contributed by atoms with E-state index in [4.69, 9.17) is 16.7 Å². The summed E-state index contributed by atoms with van der Waals surface area (Å²) in [6, 6.07) is 8.89. The summed E-state index contributed by atoms with van der Waals surface area (Å²) < 4.78 is 1.44. The molecule has 0 saturated heterocycles. The Morgan fingerprint density at radius 2 is 2.03 bits per heavy atom. The molecule has 0 aliphatic heterocycles. The molecule has 0 radical (unpaired) electrons. The molecule has 11 heteroatoms. The van der Waals surface area contributed by atoms with E-state index in [9.17, 15) is 9.59 Å². The van der Waals surface area contributed by atoms with Gasteiger partial charge in [-0.05, 0) is 19.4 Å². The predicted molar refractivity (Wildman–Crippen MR) is 117 cm³/mol. The van der Waals surface area contributed by atoms with Gasteiger partial charge in [0.05, 0.1) is 17.4 Å². The molecule has 154 valence electrons. The lowest BCUT2D eigenvalue weighted by Crippen LogP contribution is -2.26. The number of carbonyl (C=O) groups excluding carboxylic acids is 2. The molecule has 0 fully saturated rings. The number of anilines is 2. The highest BCUT2D eigenvalue weighted by molar-refractivity contribution is 7.99. The van der Waals surface area contributed by atoms with Crippen molar-refractivity contribution in [2.24, 2.45) is 5.73 Å². The van der Waals surface area contributed by atoms with Gasteiger partial charge in [-0.3, -0.25) is 14.2 Å². The summed E-state index contributed by atoms with van der Waals surface area (Å²) in [5, 5.41) is 21.7. The number of nitrogens with two attached hydrogens (primary N) is 2. The van der Waals surface area contributed by atoms with Gasteiger partial charge in [0.25, 0.3) is 5.91 Å². The molecular weight excluding hydrogens is 422 g/mol. The molecule has 3 rings (SSSR count). The molecule has 0 aliphatic carbocycles. The van der Waals surface area contributed by atoms with Crippen LogP contribution in [-0.4, -0.2) is 32.3 Å². The lowest BCUT2D eigenvalue weighted by molar-refractivity contribution is -0.118. The molecule has 1 atom stereocenters. The van der Waals surface area contributed by atoms with Crippen molar-refractivity contribution in [3.63, 3.8) is 0 Å². The third-order valence-electron chi connectivity index (χ3n) is 4.36. The van der Waals surface area contributed by atoms with Crippen LogP contribution in [0.2, 0.25) is 0 Å². The second kappa shape index (κ2) is 8.98. The number of hydrogen-bond donors (Lipinski definition) is 3. The third kappa shape index (κ3) is 4.29. The van der Waals surface area contributed by atoms with Crippen LogP contribution in [0.25, 0.3) is 11.1 Å². The third-order valence-corrected chi connectivity index (χ3v) is 6.07. The van der Waals surface area contributed by atoms with Gasteiger partial charge in [0.15, 0.2) is 5.16 Å². The van der Waals surface area contributed by atoms with E-state index >= 15 is 0 Å². The van der Waals surface area contributed by atoms with E-state index in [0.717, 1.165) is 22.9 Å². The lowest BCUT2D eigenvalue weighted by Gasteiger charge is -2.16. The normalized spacial score (nSPS) is 11.6. The standard InChI is InChI=1S/C19H19N7O2S2/c1-10-3-5-12(6-4-10)13-9-30-17(14(13)15(21)27)23-16(28)11(2)26-18(22)24-25-19(26)29-8-7-20/h3-6,9,11H,8H2,1-2H3,(H2,21,27)(H2,22,24)(H,23,28). The minimum Gasteiger partial charge on any atom is -0.368 e. The summed E-state index contributed by atoms with van der Waals surface area (Å²) in [6.07, 6.45) is 0. The number of thiophene rings is 1. The minimum atomic E-state index is -0.771. The highest BCUT2D eigenvalue weighted by Gasteiger charge is 2.25. The van der Waals surface area contributed by atoms with Crippen molar-refractivity contribution in [3.05, 3.63) is 40.8 Å². The molecule has 0 saturated carbocycles. The molecule has 0 aliphatic rings. The molecule has 30 heavy (non-hydrogen) atoms. The summed E-state index contributed by atoms with van der Waals surface area (Å²) >= 11 is 2.34. The largest absolute Gasteiger partial charge is 0.368 e. The van der Waals surface area contributed by atoms with Gasteiger partial charge in [0.1, 0.15) is 11.0 Å². The van der Waals surface area contributed by atoms with E-state index in [1.807, 2.05) is 37.3 Å². The number of primary amides is 1. The number of nitriles is 1. The Hall–Kier alpha value is -3.36. The Morgan fingerprint density at radius 1 is 1.33 bits per heavy atom. The fourth-order valence-electron chi connectivity index (χ4n) is 2.82. The SMILES string of the molecule is Cc1ccc(-c2csc(NC(=O)C(C)n3c(N)nnc3SCC#N)c2C(N)=O)cc1. The van der Waals surface area contributed by atoms with Crippen molar-refractivity contribution >= 4 is 45.9 Å². The van der Waals surface area contributed by atoms with Crippen LogP contribution >= 0.6 is 23.1 Å². The van der Waals surface area contributed by atoms with Gasteiger partial charge in [-0.25, -0.2) is 0 Å². The zero-order chi connectivity index (χ0) is 21.8. The number of benzene rings is 1. The number of nitrogen functional groups attached to an aromatic ring is 1. The van der Waals surface area contributed by atoms with Gasteiger partial charge in [-0.1, -0.05) is 41.6 Å². The first-order chi connectivity index (χ1) is 14.3. The second-order valence-electron chi connectivity index (χ2n) is 6.41. The van der Waals surface area contributed by atoms with Crippen LogP contribution < -0.4 is 16.8 Å². The molecule has 0 bridgehead atoms. The first-order valence-electron chi connectivity index (χ1n) is 8.82. The van der Waals surface area contributed by atoms with Gasteiger partial charge >= 0.3 is 0 Å². The number of rotatable bonds is 7. The van der Waals surface area contributed by atoms with Crippen molar-refractivity contribution in [2.75, 3.05) is 16.8 Å². The van der Waals surface area contributed by atoms with Crippen LogP contribution in [0.15, 0.2) is 34.8 Å². The number of nitrogens with zero attached hydrogens (tertiary/aromatic N) is 4. The fourth-order valence-corrected chi connectivity index (χ4v) is 4.48. The van der Waals surface area contributed by atoms with Crippen LogP contribution in [0.1, 0.15) is 28.9 Å². The van der Waals surface area contributed by atoms with Gasteiger partial charge in [0.2, 0.25) is 11.9 Å². The Labute approximate surface area is 181 Å². The first-order valence-corrected chi connectivity index (χ1v) is 10.7. The summed E-state index contributed by atoms with van der Waals surface area (Å²) in [7, 11) is 0. The fraction of sp³-hybridized carbons (Fsp3) is 0.211. The monoisotopic (exact) mass is 441 g/mol. The molecule has 1 unspecified atom stereocenters. The molecule has 3 aromatic rings. The Bertz CT molecular complexity index is 1130. The van der Waals surface area contributed by atoms with Gasteiger partial charge in [-0.2, -0.15) is 5.26 Å². The number of amides is 2. The first kappa shape index (κ1) is 21.4. The Balaban J connectivity index is 1.89. The quantitative estimate of drug-likeness (QED) is 0.476. The molecule has 9 nitrogen and oxygen atoms in total. The smallest absolute Gasteiger partial charge is 0.252 e. The van der Waals surface area contributed by atoms with Crippen LogP contribution in [-0.2, 0) is 4.79 Å². The number of aromatic nitrogens is 3. The molecule has 0 spiro atoms. The van der Waals surface area contributed by atoms with Crippen LogP contribution in [0.5, 0.6) is 0 Å². The lowest BCUT2D eigenvalue weighted by atomic mass is 10.0. The van der Waals surface area contributed by atoms with E-state index in [1.165, 1.54) is 15.9 Å². The molecule has 5 N–H and O–H groups in total. The van der Waals surface area contributed by atoms with E-state index in [2.05, 4.69) is 15.5 Å². The van der Waals surface area contributed by atoms with Crippen molar-refractivity contribution in [3.8, 4) is 17.2 Å². The summed E-state index contributed by atoms with van der Waals surface area (Å²) in [5.74, 6) is -0.855. The number of aryl methyl sites for hydroxylation is 1. The van der Waals surface area contributed by atoms with E-state index < -0.39 is 17.9 Å². The average Bonchev–Trinajstić information content (AvgIpc) is 3.29. The maximum Gasteiger partial charge on any atom is 0.252 e. The van der Waals surface area contributed by atoms with Crippen molar-refractivity contribution < 1.29 is 9.59 Å². The van der Waals surface area contributed by atoms with E-state index in [0.29, 0.717) is 15.7 Å². The van der Waals surface area contributed by atoms with Crippen LogP contribution in [0.4, 0.5) is 10.9 Å². The molecule has 2 aromatic heterocycles. The average molecular weight is 442 g/mol. The highest BCUT2D eigenvalue weighted by Crippen LogP contribution is 2.36. The van der Waals surface area contributed by atoms with Crippen molar-refractivity contribution in [1.82, 2.24) is 14.8 Å². The zero-order valence-corrected chi connectivity index (χ0v) is 17.9. The maximum absolute atomic E-state index is 12.9. The molecule has 2 heterocycles. The molecule has 1 aromatic carbocycles. The second-order valence-corrected chi connectivity index (χ2v) is 8.23. The topological polar surface area (TPSA) is 153 Å². The van der Waals surface area contributed by atoms with Crippen molar-refractivity contribution in [1.29, 1.82) is 5.26 Å². The summed E-state index contributed by atoms with van der Waals surface area (Å²) in [4.78, 5) is 25.0. The van der Waals surface area contributed by atoms with Crippen LogP contribution in [0.3, 0.4) is 0 Å². The maximum atomic E-state index is 12.9. The van der Waals surface area contributed by atoms with Crippen LogP contribution in [0, 0.1) is 18.3 Å². The predicted octanol–water partition coefficient (Wildman–Crippen LogP) is 2.81. The summed E-state index contributed by atoms with van der Waals surface area (Å²) in [6.45, 7) is 3.60. The van der Waals surface area contributed by atoms with Crippen molar-refractivity contribution in [2.45, 2.75) is 25.0 Å². The van der Waals surface area contributed by atoms with Gasteiger partial charge in [-0.15, -0.1) is 21.5 Å². The number of thioether (sulfide) groups is 1. The van der Waals surface area contributed by atoms with E-state index in [-0.39, 0.29) is 17.3 Å². The Morgan fingerprint density at radius 3 is 2.67 bits per heavy atom. The van der Waals surface area contributed by atoms with E-state index in [1.54, 1.807) is 12.3 Å². The molecular formula is C19H19N7O2S2. The number of carbonyl (C=O) groups is 2. The summed E-state index contributed by atoms with van der Waals surface area (Å²) in [5.41, 5.74) is 14.3. The minimum absolute atomic E-state index is 0.0553.